The quantitative estimate of drug-likeness (QED) is 0.718. The number of carbonyl (C=O) groups excluding carboxylic acids is 1. The predicted octanol–water partition coefficient (Wildman–Crippen LogP) is 2.69. The van der Waals surface area contributed by atoms with Crippen LogP contribution in [-0.2, 0) is 11.3 Å². The molecule has 1 aromatic heterocycles. The molecule has 0 fully saturated rings. The molecule has 1 unspecified atom stereocenters. The first kappa shape index (κ1) is 16.4. The van der Waals surface area contributed by atoms with Gasteiger partial charge in [0.1, 0.15) is 12.4 Å². The number of carbonyl (C=O) groups is 1. The predicted molar refractivity (Wildman–Crippen MR) is 98.4 cm³/mol. The number of nitrogens with one attached hydrogen (secondary N) is 1. The van der Waals surface area contributed by atoms with Crippen molar-refractivity contribution in [3.8, 4) is 11.5 Å². The molecule has 26 heavy (non-hydrogen) atoms. The molecule has 6 heteroatoms. The Labute approximate surface area is 151 Å². The van der Waals surface area contributed by atoms with Crippen LogP contribution in [0.15, 0.2) is 48.5 Å². The summed E-state index contributed by atoms with van der Waals surface area (Å²) in [6.07, 6.45) is 0.206. The zero-order valence-electron chi connectivity index (χ0n) is 14.6. The Kier molecular flexibility index (Phi) is 4.48. The second-order valence-electron chi connectivity index (χ2n) is 6.31. The molecule has 0 spiro atoms. The summed E-state index contributed by atoms with van der Waals surface area (Å²) in [6.45, 7) is 3.61. The van der Waals surface area contributed by atoms with Gasteiger partial charge in [-0.1, -0.05) is 24.3 Å². The highest BCUT2D eigenvalue weighted by Crippen LogP contribution is 2.30. The molecule has 134 valence electrons. The van der Waals surface area contributed by atoms with E-state index in [2.05, 4.69) is 20.9 Å². The summed E-state index contributed by atoms with van der Waals surface area (Å²) in [5, 5.41) is 2.94. The van der Waals surface area contributed by atoms with E-state index in [4.69, 9.17) is 9.47 Å². The Balaban J connectivity index is 1.30. The maximum atomic E-state index is 12.3. The number of aromatic nitrogens is 2. The van der Waals surface area contributed by atoms with Gasteiger partial charge in [-0.3, -0.25) is 4.79 Å². The minimum absolute atomic E-state index is 0.147. The summed E-state index contributed by atoms with van der Waals surface area (Å²) in [4.78, 5) is 16.9. The Hall–Kier alpha value is -3.02. The lowest BCUT2D eigenvalue weighted by Crippen LogP contribution is -2.44. The van der Waals surface area contributed by atoms with Gasteiger partial charge in [-0.05, 0) is 37.6 Å². The van der Waals surface area contributed by atoms with E-state index in [0.717, 1.165) is 29.8 Å². The first-order valence-corrected chi connectivity index (χ1v) is 8.80. The van der Waals surface area contributed by atoms with Crippen LogP contribution in [0.2, 0.25) is 0 Å². The van der Waals surface area contributed by atoms with Crippen molar-refractivity contribution in [3.63, 3.8) is 0 Å². The Morgan fingerprint density at radius 1 is 1.19 bits per heavy atom. The summed E-state index contributed by atoms with van der Waals surface area (Å²) in [6, 6.07) is 15.5. The zero-order valence-corrected chi connectivity index (χ0v) is 14.6. The van der Waals surface area contributed by atoms with Crippen LogP contribution in [0.4, 0.5) is 0 Å². The lowest BCUT2D eigenvalue weighted by Gasteiger charge is -2.25. The molecule has 1 aliphatic rings. The summed E-state index contributed by atoms with van der Waals surface area (Å²) in [5.74, 6) is 2.13. The Bertz CT molecular complexity index is 935. The highest BCUT2D eigenvalue weighted by Gasteiger charge is 2.26. The van der Waals surface area contributed by atoms with Crippen LogP contribution in [0, 0.1) is 6.92 Å². The molecule has 6 nitrogen and oxygen atoms in total. The maximum absolute atomic E-state index is 12.3. The molecule has 0 bridgehead atoms. The average Bonchev–Trinajstić information content (AvgIpc) is 3.00. The lowest BCUT2D eigenvalue weighted by molar-refractivity contribution is -0.130. The number of imidazole rings is 1. The number of amides is 1. The number of ether oxygens (including phenoxy) is 2. The molecular formula is C20H21N3O3. The fraction of sp³-hybridized carbons (Fsp3) is 0.300. The monoisotopic (exact) mass is 351 g/mol. The topological polar surface area (TPSA) is 65.4 Å². The number of aryl methyl sites for hydroxylation is 2. The van der Waals surface area contributed by atoms with Crippen molar-refractivity contribution in [1.82, 2.24) is 14.9 Å². The standard InChI is InChI=1S/C20H21N3O3/c1-14-22-15-7-2-3-8-16(15)23(14)12-6-11-21-20(24)19-13-25-17-9-4-5-10-18(17)26-19/h2-5,7-10,19H,6,11-13H2,1H3,(H,21,24). The molecule has 0 radical (unpaired) electrons. The number of hydrogen-bond acceptors (Lipinski definition) is 4. The van der Waals surface area contributed by atoms with E-state index in [1.54, 1.807) is 0 Å². The van der Waals surface area contributed by atoms with Gasteiger partial charge in [-0.25, -0.2) is 4.98 Å². The van der Waals surface area contributed by atoms with E-state index in [1.165, 1.54) is 0 Å². The number of para-hydroxylation sites is 4. The summed E-state index contributed by atoms with van der Waals surface area (Å²) < 4.78 is 13.5. The van der Waals surface area contributed by atoms with Crippen LogP contribution in [-0.4, -0.2) is 34.7 Å². The molecule has 3 aromatic rings. The number of fused-ring (bicyclic) bond motifs is 2. The van der Waals surface area contributed by atoms with Gasteiger partial charge in [-0.15, -0.1) is 0 Å². The number of hydrogen-bond donors (Lipinski definition) is 1. The second kappa shape index (κ2) is 7.07. The van der Waals surface area contributed by atoms with Gasteiger partial charge >= 0.3 is 0 Å². The fourth-order valence-electron chi connectivity index (χ4n) is 3.19. The molecule has 4 rings (SSSR count). The normalized spacial score (nSPS) is 15.8. The van der Waals surface area contributed by atoms with Crippen LogP contribution < -0.4 is 14.8 Å². The molecule has 0 aliphatic carbocycles. The van der Waals surface area contributed by atoms with Crippen LogP contribution in [0.25, 0.3) is 11.0 Å². The van der Waals surface area contributed by atoms with Crippen molar-refractivity contribution in [1.29, 1.82) is 0 Å². The molecule has 0 saturated carbocycles. The fourth-order valence-corrected chi connectivity index (χ4v) is 3.19. The minimum atomic E-state index is -0.610. The van der Waals surface area contributed by atoms with Gasteiger partial charge in [-0.2, -0.15) is 0 Å². The van der Waals surface area contributed by atoms with Crippen molar-refractivity contribution in [2.45, 2.75) is 26.0 Å². The second-order valence-corrected chi connectivity index (χ2v) is 6.31. The van der Waals surface area contributed by atoms with Gasteiger partial charge in [0.2, 0.25) is 6.10 Å². The van der Waals surface area contributed by atoms with Crippen molar-refractivity contribution in [2.24, 2.45) is 0 Å². The highest BCUT2D eigenvalue weighted by molar-refractivity contribution is 5.81. The summed E-state index contributed by atoms with van der Waals surface area (Å²) >= 11 is 0. The SMILES string of the molecule is Cc1nc2ccccc2n1CCCNC(=O)C1COc2ccccc2O1. The molecule has 1 atom stereocenters. The number of benzene rings is 2. The van der Waals surface area contributed by atoms with Crippen LogP contribution in [0.3, 0.4) is 0 Å². The van der Waals surface area contributed by atoms with Crippen molar-refractivity contribution in [2.75, 3.05) is 13.2 Å². The van der Waals surface area contributed by atoms with Crippen molar-refractivity contribution in [3.05, 3.63) is 54.4 Å². The van der Waals surface area contributed by atoms with E-state index < -0.39 is 6.10 Å². The third kappa shape index (κ3) is 3.22. The maximum Gasteiger partial charge on any atom is 0.264 e. The van der Waals surface area contributed by atoms with Gasteiger partial charge < -0.3 is 19.4 Å². The Morgan fingerprint density at radius 3 is 2.85 bits per heavy atom. The van der Waals surface area contributed by atoms with Crippen LogP contribution in [0.1, 0.15) is 12.2 Å². The molecule has 0 saturated heterocycles. The summed E-state index contributed by atoms with van der Waals surface area (Å²) in [7, 11) is 0. The van der Waals surface area contributed by atoms with E-state index in [0.29, 0.717) is 18.0 Å². The van der Waals surface area contributed by atoms with E-state index in [1.807, 2.05) is 49.4 Å². The van der Waals surface area contributed by atoms with E-state index >= 15 is 0 Å². The smallest absolute Gasteiger partial charge is 0.264 e. The minimum Gasteiger partial charge on any atom is -0.485 e. The number of nitrogens with zero attached hydrogens (tertiary/aromatic N) is 2. The third-order valence-electron chi connectivity index (χ3n) is 4.50. The van der Waals surface area contributed by atoms with E-state index in [-0.39, 0.29) is 12.5 Å². The first-order valence-electron chi connectivity index (χ1n) is 8.80. The molecule has 1 amide bonds. The molecule has 2 heterocycles. The van der Waals surface area contributed by atoms with Crippen LogP contribution >= 0.6 is 0 Å². The van der Waals surface area contributed by atoms with Gasteiger partial charge in [0.05, 0.1) is 11.0 Å². The zero-order chi connectivity index (χ0) is 17.9. The van der Waals surface area contributed by atoms with Crippen molar-refractivity contribution < 1.29 is 14.3 Å². The van der Waals surface area contributed by atoms with Crippen LogP contribution in [0.5, 0.6) is 11.5 Å². The first-order chi connectivity index (χ1) is 12.7. The lowest BCUT2D eigenvalue weighted by atomic mass is 10.2. The average molecular weight is 351 g/mol. The van der Waals surface area contributed by atoms with Gasteiger partial charge in [0, 0.05) is 13.1 Å². The third-order valence-corrected chi connectivity index (χ3v) is 4.50. The molecular weight excluding hydrogens is 330 g/mol. The van der Waals surface area contributed by atoms with Crippen molar-refractivity contribution >= 4 is 16.9 Å². The Morgan fingerprint density at radius 2 is 1.96 bits per heavy atom. The van der Waals surface area contributed by atoms with Gasteiger partial charge in [0.25, 0.3) is 5.91 Å². The van der Waals surface area contributed by atoms with Gasteiger partial charge in [0.15, 0.2) is 11.5 Å². The molecule has 2 aromatic carbocycles. The van der Waals surface area contributed by atoms with E-state index in [9.17, 15) is 4.79 Å². The number of rotatable bonds is 5. The highest BCUT2D eigenvalue weighted by atomic mass is 16.6. The molecule has 1 aliphatic heterocycles. The largest absolute Gasteiger partial charge is 0.485 e. The summed E-state index contributed by atoms with van der Waals surface area (Å²) in [5.41, 5.74) is 2.12. The molecule has 1 N–H and O–H groups in total.